The summed E-state index contributed by atoms with van der Waals surface area (Å²) in [5, 5.41) is 13.7. The summed E-state index contributed by atoms with van der Waals surface area (Å²) >= 11 is 0. The Morgan fingerprint density at radius 3 is 2.32 bits per heavy atom. The Labute approximate surface area is 118 Å². The van der Waals surface area contributed by atoms with E-state index in [1.54, 1.807) is 0 Å². The van der Waals surface area contributed by atoms with Gasteiger partial charge in [-0.05, 0) is 43.6 Å². The van der Waals surface area contributed by atoms with Crippen molar-refractivity contribution in [1.82, 2.24) is 10.2 Å². The van der Waals surface area contributed by atoms with Crippen LogP contribution in [0.2, 0.25) is 0 Å². The summed E-state index contributed by atoms with van der Waals surface area (Å²) in [5.41, 5.74) is -0.0555. The number of hydrogen-bond donors (Lipinski definition) is 2. The fraction of sp³-hybridized carbons (Fsp3) is 1.00. The third kappa shape index (κ3) is 3.71. The molecule has 0 spiro atoms. The molecule has 1 saturated heterocycles. The predicted octanol–water partition coefficient (Wildman–Crippen LogP) is 2.10. The van der Waals surface area contributed by atoms with Crippen LogP contribution in [0.4, 0.5) is 0 Å². The van der Waals surface area contributed by atoms with Crippen LogP contribution in [0.3, 0.4) is 0 Å². The van der Waals surface area contributed by atoms with Crippen LogP contribution in [0.1, 0.15) is 47.0 Å². The van der Waals surface area contributed by atoms with Crippen molar-refractivity contribution in [3.8, 4) is 0 Å². The fourth-order valence-corrected chi connectivity index (χ4v) is 3.68. The Kier molecular flexibility index (Phi) is 4.91. The maximum atomic E-state index is 9.98. The second kappa shape index (κ2) is 6.11. The molecule has 2 rings (SSSR count). The summed E-state index contributed by atoms with van der Waals surface area (Å²) < 4.78 is 0. The standard InChI is InChI=1S/C16H32N2O/c1-12(2)14-7-8-18(9-14)10-16(11-19,15-5-6-15)17-13(3)4/h12-15,17,19H,5-11H2,1-4H3. The lowest BCUT2D eigenvalue weighted by Crippen LogP contribution is -2.59. The highest BCUT2D eigenvalue weighted by Gasteiger charge is 2.46. The summed E-state index contributed by atoms with van der Waals surface area (Å²) in [5.74, 6) is 2.31. The van der Waals surface area contributed by atoms with Crippen LogP contribution in [-0.2, 0) is 0 Å². The van der Waals surface area contributed by atoms with E-state index in [1.165, 1.54) is 32.4 Å². The van der Waals surface area contributed by atoms with Gasteiger partial charge in [-0.25, -0.2) is 0 Å². The van der Waals surface area contributed by atoms with E-state index in [4.69, 9.17) is 0 Å². The first-order valence-electron chi connectivity index (χ1n) is 8.08. The Morgan fingerprint density at radius 2 is 1.89 bits per heavy atom. The summed E-state index contributed by atoms with van der Waals surface area (Å²) in [6.07, 6.45) is 3.88. The fourth-order valence-electron chi connectivity index (χ4n) is 3.68. The molecule has 19 heavy (non-hydrogen) atoms. The van der Waals surface area contributed by atoms with E-state index < -0.39 is 0 Å². The monoisotopic (exact) mass is 268 g/mol. The van der Waals surface area contributed by atoms with E-state index in [9.17, 15) is 5.11 Å². The highest BCUT2D eigenvalue weighted by atomic mass is 16.3. The zero-order valence-electron chi connectivity index (χ0n) is 13.2. The molecule has 1 heterocycles. The second-order valence-corrected chi connectivity index (χ2v) is 7.42. The first-order chi connectivity index (χ1) is 8.97. The maximum Gasteiger partial charge on any atom is 0.0628 e. The van der Waals surface area contributed by atoms with E-state index in [0.29, 0.717) is 12.0 Å². The molecule has 0 radical (unpaired) electrons. The number of rotatable bonds is 7. The zero-order valence-corrected chi connectivity index (χ0v) is 13.2. The minimum atomic E-state index is -0.0555. The molecule has 112 valence electrons. The van der Waals surface area contributed by atoms with Crippen molar-refractivity contribution < 1.29 is 5.11 Å². The molecule has 3 heteroatoms. The average Bonchev–Trinajstić information content (AvgIpc) is 3.09. The lowest BCUT2D eigenvalue weighted by Gasteiger charge is -2.39. The van der Waals surface area contributed by atoms with E-state index in [0.717, 1.165) is 18.4 Å². The van der Waals surface area contributed by atoms with Crippen LogP contribution < -0.4 is 5.32 Å². The van der Waals surface area contributed by atoms with Gasteiger partial charge in [-0.3, -0.25) is 0 Å². The SMILES string of the molecule is CC(C)NC(CO)(CN1CCC(C(C)C)C1)C1CC1. The van der Waals surface area contributed by atoms with E-state index in [-0.39, 0.29) is 12.1 Å². The molecule has 2 aliphatic rings. The van der Waals surface area contributed by atoms with Gasteiger partial charge in [0.2, 0.25) is 0 Å². The van der Waals surface area contributed by atoms with Crippen molar-refractivity contribution in [2.45, 2.75) is 58.5 Å². The van der Waals surface area contributed by atoms with Gasteiger partial charge in [-0.2, -0.15) is 0 Å². The van der Waals surface area contributed by atoms with Crippen LogP contribution in [0.5, 0.6) is 0 Å². The van der Waals surface area contributed by atoms with Crippen LogP contribution in [0, 0.1) is 17.8 Å². The molecule has 0 bridgehead atoms. The van der Waals surface area contributed by atoms with Crippen LogP contribution in [-0.4, -0.2) is 47.8 Å². The normalized spacial score (nSPS) is 28.3. The van der Waals surface area contributed by atoms with Crippen molar-refractivity contribution >= 4 is 0 Å². The van der Waals surface area contributed by atoms with E-state index >= 15 is 0 Å². The van der Waals surface area contributed by atoms with Crippen molar-refractivity contribution in [2.75, 3.05) is 26.2 Å². The molecular formula is C16H32N2O. The summed E-state index contributed by atoms with van der Waals surface area (Å²) in [4.78, 5) is 2.58. The lowest BCUT2D eigenvalue weighted by molar-refractivity contribution is 0.0904. The van der Waals surface area contributed by atoms with E-state index in [1.807, 2.05) is 0 Å². The van der Waals surface area contributed by atoms with Gasteiger partial charge >= 0.3 is 0 Å². The van der Waals surface area contributed by atoms with Gasteiger partial charge in [-0.15, -0.1) is 0 Å². The summed E-state index contributed by atoms with van der Waals surface area (Å²) in [6, 6.07) is 0.441. The molecule has 2 atom stereocenters. The highest BCUT2D eigenvalue weighted by molar-refractivity contribution is 5.04. The Balaban J connectivity index is 1.96. The Hall–Kier alpha value is -0.120. The molecule has 0 aromatic carbocycles. The number of likely N-dealkylation sites (tertiary alicyclic amines) is 1. The summed E-state index contributed by atoms with van der Waals surface area (Å²) in [6.45, 7) is 12.8. The largest absolute Gasteiger partial charge is 0.394 e. The molecule has 2 N–H and O–H groups in total. The van der Waals surface area contributed by atoms with Crippen LogP contribution >= 0.6 is 0 Å². The zero-order chi connectivity index (χ0) is 14.0. The van der Waals surface area contributed by atoms with Crippen molar-refractivity contribution in [1.29, 1.82) is 0 Å². The van der Waals surface area contributed by atoms with Crippen LogP contribution in [0.15, 0.2) is 0 Å². The lowest BCUT2D eigenvalue weighted by atomic mass is 9.92. The molecule has 0 aromatic heterocycles. The highest BCUT2D eigenvalue weighted by Crippen LogP contribution is 2.41. The molecule has 1 aliphatic heterocycles. The van der Waals surface area contributed by atoms with Crippen molar-refractivity contribution in [3.05, 3.63) is 0 Å². The first kappa shape index (κ1) is 15.3. The van der Waals surface area contributed by atoms with Gasteiger partial charge in [0.25, 0.3) is 0 Å². The molecule has 1 saturated carbocycles. The topological polar surface area (TPSA) is 35.5 Å². The number of aliphatic hydroxyl groups is 1. The van der Waals surface area contributed by atoms with E-state index in [2.05, 4.69) is 37.9 Å². The Bertz CT molecular complexity index is 288. The number of hydrogen-bond acceptors (Lipinski definition) is 3. The third-order valence-electron chi connectivity index (χ3n) is 4.97. The summed E-state index contributed by atoms with van der Waals surface area (Å²) in [7, 11) is 0. The van der Waals surface area contributed by atoms with Crippen molar-refractivity contribution in [2.24, 2.45) is 17.8 Å². The second-order valence-electron chi connectivity index (χ2n) is 7.42. The van der Waals surface area contributed by atoms with Crippen LogP contribution in [0.25, 0.3) is 0 Å². The number of nitrogens with zero attached hydrogens (tertiary/aromatic N) is 1. The van der Waals surface area contributed by atoms with Gasteiger partial charge in [0.15, 0.2) is 0 Å². The molecule has 2 fully saturated rings. The number of nitrogens with one attached hydrogen (secondary N) is 1. The minimum absolute atomic E-state index is 0.0555. The third-order valence-corrected chi connectivity index (χ3v) is 4.97. The van der Waals surface area contributed by atoms with Gasteiger partial charge in [-0.1, -0.05) is 27.7 Å². The smallest absolute Gasteiger partial charge is 0.0628 e. The van der Waals surface area contributed by atoms with Gasteiger partial charge < -0.3 is 15.3 Å². The molecule has 0 amide bonds. The molecule has 1 aliphatic carbocycles. The Morgan fingerprint density at radius 1 is 1.21 bits per heavy atom. The predicted molar refractivity (Wildman–Crippen MR) is 80.2 cm³/mol. The first-order valence-corrected chi connectivity index (χ1v) is 8.08. The quantitative estimate of drug-likeness (QED) is 0.742. The average molecular weight is 268 g/mol. The van der Waals surface area contributed by atoms with Gasteiger partial charge in [0, 0.05) is 19.1 Å². The van der Waals surface area contributed by atoms with Gasteiger partial charge in [0.05, 0.1) is 12.1 Å². The molecular weight excluding hydrogens is 236 g/mol. The molecule has 2 unspecified atom stereocenters. The van der Waals surface area contributed by atoms with Gasteiger partial charge in [0.1, 0.15) is 0 Å². The maximum absolute atomic E-state index is 9.98. The minimum Gasteiger partial charge on any atom is -0.394 e. The number of aliphatic hydroxyl groups excluding tert-OH is 1. The van der Waals surface area contributed by atoms with Crippen molar-refractivity contribution in [3.63, 3.8) is 0 Å². The molecule has 3 nitrogen and oxygen atoms in total. The molecule has 0 aromatic rings.